The first kappa shape index (κ1) is 14.9. The van der Waals surface area contributed by atoms with E-state index in [9.17, 15) is 8.42 Å². The molecule has 1 aliphatic rings. The standard InChI is InChI=1S/C11H23NO4S/c1-2-15-7-8-16-9-11(5-3-4-6-11)10-17(12,13)14/h2-10H2,1H3,(H2,12,13,14). The van der Waals surface area contributed by atoms with Crippen LogP contribution in [-0.4, -0.2) is 40.6 Å². The summed E-state index contributed by atoms with van der Waals surface area (Å²) >= 11 is 0. The molecule has 0 spiro atoms. The minimum atomic E-state index is -3.42. The predicted octanol–water partition coefficient (Wildman–Crippen LogP) is 0.888. The Labute approximate surface area is 104 Å². The van der Waals surface area contributed by atoms with E-state index in [-0.39, 0.29) is 11.2 Å². The number of primary sulfonamides is 1. The maximum Gasteiger partial charge on any atom is 0.209 e. The van der Waals surface area contributed by atoms with Crippen LogP contribution in [0.15, 0.2) is 0 Å². The van der Waals surface area contributed by atoms with Crippen LogP contribution >= 0.6 is 0 Å². The van der Waals surface area contributed by atoms with Gasteiger partial charge in [0.05, 0.1) is 25.6 Å². The van der Waals surface area contributed by atoms with Gasteiger partial charge >= 0.3 is 0 Å². The van der Waals surface area contributed by atoms with E-state index in [2.05, 4.69) is 0 Å². The van der Waals surface area contributed by atoms with E-state index in [1.54, 1.807) is 0 Å². The minimum absolute atomic E-state index is 0.0363. The number of hydrogen-bond donors (Lipinski definition) is 1. The highest BCUT2D eigenvalue weighted by Crippen LogP contribution is 2.39. The highest BCUT2D eigenvalue weighted by Gasteiger charge is 2.37. The quantitative estimate of drug-likeness (QED) is 0.661. The highest BCUT2D eigenvalue weighted by molar-refractivity contribution is 7.89. The van der Waals surface area contributed by atoms with Gasteiger partial charge in [-0.2, -0.15) is 0 Å². The molecule has 0 bridgehead atoms. The van der Waals surface area contributed by atoms with Crippen molar-refractivity contribution in [2.75, 3.05) is 32.2 Å². The van der Waals surface area contributed by atoms with E-state index in [4.69, 9.17) is 14.6 Å². The van der Waals surface area contributed by atoms with Gasteiger partial charge in [0.2, 0.25) is 10.0 Å². The SMILES string of the molecule is CCOCCOCC1(CS(N)(=O)=O)CCCC1. The van der Waals surface area contributed by atoms with Gasteiger partial charge in [0.25, 0.3) is 0 Å². The van der Waals surface area contributed by atoms with Crippen LogP contribution < -0.4 is 5.14 Å². The molecule has 102 valence electrons. The molecule has 0 saturated heterocycles. The van der Waals surface area contributed by atoms with Crippen molar-refractivity contribution in [1.82, 2.24) is 0 Å². The smallest absolute Gasteiger partial charge is 0.209 e. The maximum atomic E-state index is 11.2. The van der Waals surface area contributed by atoms with Crippen LogP contribution in [0.1, 0.15) is 32.6 Å². The van der Waals surface area contributed by atoms with Crippen molar-refractivity contribution in [3.8, 4) is 0 Å². The fourth-order valence-corrected chi connectivity index (χ4v) is 3.66. The van der Waals surface area contributed by atoms with Crippen molar-refractivity contribution < 1.29 is 17.9 Å². The lowest BCUT2D eigenvalue weighted by Crippen LogP contribution is -2.35. The third-order valence-corrected chi connectivity index (χ3v) is 4.17. The first-order valence-corrected chi connectivity index (χ1v) is 7.85. The van der Waals surface area contributed by atoms with E-state index in [0.717, 1.165) is 25.7 Å². The Kier molecular flexibility index (Phi) is 5.85. The average Bonchev–Trinajstić information content (AvgIpc) is 2.64. The first-order valence-electron chi connectivity index (χ1n) is 6.13. The third kappa shape index (κ3) is 5.81. The molecule has 5 nitrogen and oxygen atoms in total. The summed E-state index contributed by atoms with van der Waals surface area (Å²) in [5.41, 5.74) is -0.264. The molecule has 0 unspecified atom stereocenters. The summed E-state index contributed by atoms with van der Waals surface area (Å²) in [5.74, 6) is 0.0363. The molecule has 0 aromatic heterocycles. The van der Waals surface area contributed by atoms with Crippen LogP contribution in [0.5, 0.6) is 0 Å². The molecule has 6 heteroatoms. The second-order valence-electron chi connectivity index (χ2n) is 4.76. The lowest BCUT2D eigenvalue weighted by Gasteiger charge is -2.27. The Balaban J connectivity index is 2.38. The molecule has 0 aliphatic heterocycles. The van der Waals surface area contributed by atoms with Crippen LogP contribution in [0, 0.1) is 5.41 Å². The largest absolute Gasteiger partial charge is 0.379 e. The summed E-state index contributed by atoms with van der Waals surface area (Å²) in [6.45, 7) is 4.14. The van der Waals surface area contributed by atoms with Crippen molar-refractivity contribution in [2.24, 2.45) is 10.6 Å². The predicted molar refractivity (Wildman–Crippen MR) is 66.2 cm³/mol. The molecule has 1 fully saturated rings. The fourth-order valence-electron chi connectivity index (χ4n) is 2.43. The van der Waals surface area contributed by atoms with E-state index >= 15 is 0 Å². The van der Waals surface area contributed by atoms with Gasteiger partial charge in [0, 0.05) is 12.0 Å². The Bertz CT molecular complexity index is 309. The zero-order chi connectivity index (χ0) is 12.8. The van der Waals surface area contributed by atoms with Crippen molar-refractivity contribution in [3.05, 3.63) is 0 Å². The molecule has 2 N–H and O–H groups in total. The molecule has 17 heavy (non-hydrogen) atoms. The van der Waals surface area contributed by atoms with Gasteiger partial charge in [-0.3, -0.25) is 0 Å². The van der Waals surface area contributed by atoms with E-state index in [0.29, 0.717) is 26.4 Å². The number of hydrogen-bond acceptors (Lipinski definition) is 4. The lowest BCUT2D eigenvalue weighted by atomic mass is 9.90. The van der Waals surface area contributed by atoms with Crippen LogP contribution in [0.3, 0.4) is 0 Å². The van der Waals surface area contributed by atoms with E-state index < -0.39 is 10.0 Å². The van der Waals surface area contributed by atoms with Crippen molar-refractivity contribution in [2.45, 2.75) is 32.6 Å². The van der Waals surface area contributed by atoms with Gasteiger partial charge < -0.3 is 9.47 Å². The van der Waals surface area contributed by atoms with E-state index in [1.165, 1.54) is 0 Å². The molecule has 0 aromatic carbocycles. The monoisotopic (exact) mass is 265 g/mol. The second kappa shape index (κ2) is 6.68. The lowest BCUT2D eigenvalue weighted by molar-refractivity contribution is 0.0154. The molecule has 1 saturated carbocycles. The molecule has 0 atom stereocenters. The van der Waals surface area contributed by atoms with Crippen molar-refractivity contribution in [1.29, 1.82) is 0 Å². The average molecular weight is 265 g/mol. The Morgan fingerprint density at radius 2 is 1.76 bits per heavy atom. The molecule has 0 heterocycles. The number of rotatable bonds is 8. The number of sulfonamides is 1. The van der Waals surface area contributed by atoms with Crippen LogP contribution in [-0.2, 0) is 19.5 Å². The summed E-state index contributed by atoms with van der Waals surface area (Å²) in [7, 11) is -3.42. The van der Waals surface area contributed by atoms with Gasteiger partial charge in [-0.05, 0) is 19.8 Å². The van der Waals surface area contributed by atoms with Gasteiger partial charge in [-0.25, -0.2) is 13.6 Å². The zero-order valence-corrected chi connectivity index (χ0v) is 11.3. The van der Waals surface area contributed by atoms with Crippen LogP contribution in [0.2, 0.25) is 0 Å². The van der Waals surface area contributed by atoms with Crippen molar-refractivity contribution in [3.63, 3.8) is 0 Å². The summed E-state index contributed by atoms with van der Waals surface area (Å²) in [6.07, 6.45) is 3.89. The van der Waals surface area contributed by atoms with E-state index in [1.807, 2.05) is 6.92 Å². The summed E-state index contributed by atoms with van der Waals surface area (Å²) in [6, 6.07) is 0. The topological polar surface area (TPSA) is 78.6 Å². The fraction of sp³-hybridized carbons (Fsp3) is 1.00. The molecule has 0 radical (unpaired) electrons. The zero-order valence-electron chi connectivity index (χ0n) is 10.5. The summed E-state index contributed by atoms with van der Waals surface area (Å²) in [4.78, 5) is 0. The summed E-state index contributed by atoms with van der Waals surface area (Å²) in [5, 5.41) is 5.14. The van der Waals surface area contributed by atoms with Gasteiger partial charge in [0.15, 0.2) is 0 Å². The normalized spacial score (nSPS) is 19.6. The Morgan fingerprint density at radius 3 is 2.29 bits per heavy atom. The van der Waals surface area contributed by atoms with Gasteiger partial charge in [-0.1, -0.05) is 12.8 Å². The molecular weight excluding hydrogens is 242 g/mol. The Hall–Kier alpha value is -0.170. The summed E-state index contributed by atoms with van der Waals surface area (Å²) < 4.78 is 33.1. The second-order valence-corrected chi connectivity index (χ2v) is 6.38. The molecule has 0 amide bonds. The van der Waals surface area contributed by atoms with Crippen LogP contribution in [0.4, 0.5) is 0 Å². The minimum Gasteiger partial charge on any atom is -0.379 e. The molecule has 0 aromatic rings. The number of nitrogens with two attached hydrogens (primary N) is 1. The molecular formula is C11H23NO4S. The molecule has 1 rings (SSSR count). The van der Waals surface area contributed by atoms with Gasteiger partial charge in [0.1, 0.15) is 0 Å². The first-order chi connectivity index (χ1) is 7.97. The Morgan fingerprint density at radius 1 is 1.18 bits per heavy atom. The van der Waals surface area contributed by atoms with Gasteiger partial charge in [-0.15, -0.1) is 0 Å². The van der Waals surface area contributed by atoms with Crippen molar-refractivity contribution >= 4 is 10.0 Å². The highest BCUT2D eigenvalue weighted by atomic mass is 32.2. The molecule has 1 aliphatic carbocycles. The number of ether oxygens (including phenoxy) is 2. The maximum absolute atomic E-state index is 11.2. The third-order valence-electron chi connectivity index (χ3n) is 3.16. The van der Waals surface area contributed by atoms with Crippen LogP contribution in [0.25, 0.3) is 0 Å².